The van der Waals surface area contributed by atoms with Crippen LogP contribution < -0.4 is 0 Å². The molecule has 0 aromatic carbocycles. The molecule has 1 atom stereocenters. The summed E-state index contributed by atoms with van der Waals surface area (Å²) in [5.41, 5.74) is -0.399. The van der Waals surface area contributed by atoms with Gasteiger partial charge in [-0.2, -0.15) is 0 Å². The Morgan fingerprint density at radius 2 is 2.00 bits per heavy atom. The zero-order valence-corrected chi connectivity index (χ0v) is 12.0. The molecule has 18 heavy (non-hydrogen) atoms. The maximum absolute atomic E-state index is 11.9. The first kappa shape index (κ1) is 13.4. The van der Waals surface area contributed by atoms with E-state index in [0.29, 0.717) is 5.92 Å². The minimum atomic E-state index is -0.399. The van der Waals surface area contributed by atoms with Crippen molar-refractivity contribution in [3.05, 3.63) is 0 Å². The molecular weight excluding hydrogens is 228 g/mol. The molecule has 2 fully saturated rings. The molecule has 0 spiro atoms. The zero-order valence-electron chi connectivity index (χ0n) is 12.0. The predicted octanol–water partition coefficient (Wildman–Crippen LogP) is 2.12. The van der Waals surface area contributed by atoms with Crippen LogP contribution in [0.5, 0.6) is 0 Å². The maximum Gasteiger partial charge on any atom is 0.410 e. The smallest absolute Gasteiger partial charge is 0.410 e. The highest BCUT2D eigenvalue weighted by atomic mass is 16.6. The van der Waals surface area contributed by atoms with Gasteiger partial charge in [0.05, 0.1) is 5.92 Å². The predicted molar refractivity (Wildman–Crippen MR) is 71.2 cm³/mol. The van der Waals surface area contributed by atoms with E-state index in [4.69, 9.17) is 4.74 Å². The van der Waals surface area contributed by atoms with Crippen LogP contribution in [0.2, 0.25) is 0 Å². The molecule has 1 unspecified atom stereocenters. The van der Waals surface area contributed by atoms with Gasteiger partial charge in [0, 0.05) is 25.9 Å². The van der Waals surface area contributed by atoms with E-state index in [2.05, 4.69) is 17.8 Å². The monoisotopic (exact) mass is 253 g/mol. The van der Waals surface area contributed by atoms with Gasteiger partial charge in [-0.25, -0.2) is 9.37 Å². The SMILES string of the molecule is C[N+](=CC1CCN(C(=O)OC(C)(C)C)C1)C1CC1. The van der Waals surface area contributed by atoms with Crippen LogP contribution in [0.1, 0.15) is 40.0 Å². The van der Waals surface area contributed by atoms with Gasteiger partial charge in [0.2, 0.25) is 0 Å². The summed E-state index contributed by atoms with van der Waals surface area (Å²) in [6.45, 7) is 7.34. The second kappa shape index (κ2) is 4.90. The van der Waals surface area contributed by atoms with Crippen molar-refractivity contribution in [2.75, 3.05) is 20.1 Å². The molecule has 1 saturated carbocycles. The van der Waals surface area contributed by atoms with E-state index in [0.717, 1.165) is 25.6 Å². The molecule has 2 aliphatic rings. The average molecular weight is 253 g/mol. The van der Waals surface area contributed by atoms with Crippen LogP contribution in [0.3, 0.4) is 0 Å². The summed E-state index contributed by atoms with van der Waals surface area (Å²) in [6, 6.07) is 0.751. The molecule has 0 aromatic rings. The van der Waals surface area contributed by atoms with Gasteiger partial charge in [-0.3, -0.25) is 0 Å². The van der Waals surface area contributed by atoms with E-state index < -0.39 is 5.60 Å². The van der Waals surface area contributed by atoms with Crippen molar-refractivity contribution in [2.24, 2.45) is 5.92 Å². The first-order valence-electron chi connectivity index (χ1n) is 6.90. The molecule has 1 saturated heterocycles. The standard InChI is InChI=1S/C14H25N2O2/c1-14(2,3)18-13(17)16-8-7-11(10-16)9-15(4)12-5-6-12/h9,11-12H,5-8,10H2,1-4H3/q+1. The average Bonchev–Trinajstić information content (AvgIpc) is 2.97. The van der Waals surface area contributed by atoms with E-state index in [1.54, 1.807) is 0 Å². The number of hydrogen-bond donors (Lipinski definition) is 0. The molecule has 0 aromatic heterocycles. The van der Waals surface area contributed by atoms with Crippen LogP contribution in [-0.2, 0) is 4.74 Å². The van der Waals surface area contributed by atoms with E-state index in [-0.39, 0.29) is 6.09 Å². The highest BCUT2D eigenvalue weighted by molar-refractivity contribution is 5.70. The molecule has 1 amide bonds. The van der Waals surface area contributed by atoms with Crippen molar-refractivity contribution in [3.63, 3.8) is 0 Å². The largest absolute Gasteiger partial charge is 0.444 e. The van der Waals surface area contributed by atoms with Gasteiger partial charge in [0.1, 0.15) is 18.9 Å². The summed E-state index contributed by atoms with van der Waals surface area (Å²) in [4.78, 5) is 13.7. The van der Waals surface area contributed by atoms with Gasteiger partial charge < -0.3 is 9.64 Å². The Balaban J connectivity index is 1.84. The molecule has 0 bridgehead atoms. The Morgan fingerprint density at radius 3 is 2.56 bits per heavy atom. The van der Waals surface area contributed by atoms with Crippen LogP contribution in [-0.4, -0.2) is 53.6 Å². The topological polar surface area (TPSA) is 32.5 Å². The lowest BCUT2D eigenvalue weighted by molar-refractivity contribution is -0.509. The maximum atomic E-state index is 11.9. The fraction of sp³-hybridized carbons (Fsp3) is 0.857. The van der Waals surface area contributed by atoms with Gasteiger partial charge in [-0.1, -0.05) is 0 Å². The highest BCUT2D eigenvalue weighted by Gasteiger charge is 2.34. The van der Waals surface area contributed by atoms with Crippen LogP contribution in [0.15, 0.2) is 0 Å². The van der Waals surface area contributed by atoms with Gasteiger partial charge in [0.15, 0.2) is 6.04 Å². The quantitative estimate of drug-likeness (QED) is 0.558. The minimum Gasteiger partial charge on any atom is -0.444 e. The molecule has 1 aliphatic carbocycles. The second-order valence-electron chi connectivity index (χ2n) is 6.52. The number of carbonyl (C=O) groups excluding carboxylic acids is 1. The molecule has 4 heteroatoms. The van der Waals surface area contributed by atoms with Crippen molar-refractivity contribution >= 4 is 12.3 Å². The number of hydrogen-bond acceptors (Lipinski definition) is 2. The zero-order chi connectivity index (χ0) is 13.3. The Hall–Kier alpha value is -1.06. The van der Waals surface area contributed by atoms with Crippen LogP contribution in [0.25, 0.3) is 0 Å². The molecule has 4 nitrogen and oxygen atoms in total. The number of carbonyl (C=O) groups is 1. The molecule has 102 valence electrons. The minimum absolute atomic E-state index is 0.174. The fourth-order valence-corrected chi connectivity index (χ4v) is 2.34. The third kappa shape index (κ3) is 3.72. The van der Waals surface area contributed by atoms with Crippen molar-refractivity contribution in [1.82, 2.24) is 4.90 Å². The summed E-state index contributed by atoms with van der Waals surface area (Å²) in [5, 5.41) is 0. The number of ether oxygens (including phenoxy) is 1. The number of nitrogens with zero attached hydrogens (tertiary/aromatic N) is 2. The normalized spacial score (nSPS) is 25.4. The van der Waals surface area contributed by atoms with Gasteiger partial charge in [-0.05, 0) is 27.2 Å². The van der Waals surface area contributed by atoms with E-state index in [1.807, 2.05) is 25.7 Å². The number of amides is 1. The molecule has 1 heterocycles. The fourth-order valence-electron chi connectivity index (χ4n) is 2.34. The summed E-state index contributed by atoms with van der Waals surface area (Å²) in [6.07, 6.45) is 5.80. The molecule has 1 aliphatic heterocycles. The van der Waals surface area contributed by atoms with Crippen molar-refractivity contribution in [2.45, 2.75) is 51.7 Å². The first-order valence-corrected chi connectivity index (χ1v) is 6.90. The van der Waals surface area contributed by atoms with Crippen LogP contribution in [0.4, 0.5) is 4.79 Å². The van der Waals surface area contributed by atoms with E-state index >= 15 is 0 Å². The van der Waals surface area contributed by atoms with Crippen LogP contribution >= 0.6 is 0 Å². The Kier molecular flexibility index (Phi) is 3.64. The van der Waals surface area contributed by atoms with Crippen LogP contribution in [0, 0.1) is 5.92 Å². The third-order valence-electron chi connectivity index (χ3n) is 3.45. The number of likely N-dealkylation sites (tertiary alicyclic amines) is 1. The molecular formula is C14H25N2O2+. The third-order valence-corrected chi connectivity index (χ3v) is 3.45. The Morgan fingerprint density at radius 1 is 1.33 bits per heavy atom. The second-order valence-corrected chi connectivity index (χ2v) is 6.52. The van der Waals surface area contributed by atoms with Gasteiger partial charge >= 0.3 is 6.09 Å². The summed E-state index contributed by atoms with van der Waals surface area (Å²) < 4.78 is 7.72. The molecule has 0 radical (unpaired) electrons. The van der Waals surface area contributed by atoms with Gasteiger partial charge in [-0.15, -0.1) is 0 Å². The van der Waals surface area contributed by atoms with Gasteiger partial charge in [0.25, 0.3) is 0 Å². The highest BCUT2D eigenvalue weighted by Crippen LogP contribution is 2.23. The molecule has 2 rings (SSSR count). The Labute approximate surface area is 110 Å². The van der Waals surface area contributed by atoms with Crippen molar-refractivity contribution < 1.29 is 14.1 Å². The van der Waals surface area contributed by atoms with E-state index in [9.17, 15) is 4.79 Å². The molecule has 0 N–H and O–H groups in total. The summed E-state index contributed by atoms with van der Waals surface area (Å²) in [7, 11) is 2.15. The number of rotatable bonds is 2. The Bertz CT molecular complexity index is 353. The lowest BCUT2D eigenvalue weighted by Crippen LogP contribution is -2.35. The van der Waals surface area contributed by atoms with Crippen molar-refractivity contribution in [1.29, 1.82) is 0 Å². The summed E-state index contributed by atoms with van der Waals surface area (Å²) in [5.74, 6) is 0.489. The first-order chi connectivity index (χ1) is 8.35. The lowest BCUT2D eigenvalue weighted by Gasteiger charge is -2.24. The lowest BCUT2D eigenvalue weighted by atomic mass is 10.1. The summed E-state index contributed by atoms with van der Waals surface area (Å²) >= 11 is 0. The van der Waals surface area contributed by atoms with E-state index in [1.165, 1.54) is 12.8 Å². The van der Waals surface area contributed by atoms with Crippen molar-refractivity contribution in [3.8, 4) is 0 Å².